The third-order valence-corrected chi connectivity index (χ3v) is 4.90. The van der Waals surface area contributed by atoms with Gasteiger partial charge in [-0.1, -0.05) is 24.2 Å². The first-order valence-electron chi connectivity index (χ1n) is 9.87. The van der Waals surface area contributed by atoms with E-state index in [1.165, 1.54) is 23.3 Å². The average Bonchev–Trinajstić information content (AvgIpc) is 3.19. The molecular formula is C23H26FN3O2. The molecule has 0 aliphatic heterocycles. The molecule has 0 bridgehead atoms. The molecule has 6 heteroatoms. The fourth-order valence-corrected chi connectivity index (χ4v) is 3.35. The molecule has 2 N–H and O–H groups in total. The molecular weight excluding hydrogens is 369 g/mol. The van der Waals surface area contributed by atoms with Crippen LogP contribution in [0.5, 0.6) is 0 Å². The Bertz CT molecular complexity index is 951. The van der Waals surface area contributed by atoms with E-state index < -0.39 is 0 Å². The number of benzene rings is 2. The van der Waals surface area contributed by atoms with E-state index in [4.69, 9.17) is 4.52 Å². The van der Waals surface area contributed by atoms with Crippen LogP contribution >= 0.6 is 0 Å². The predicted molar refractivity (Wildman–Crippen MR) is 112 cm³/mol. The number of hydrogen-bond donors (Lipinski definition) is 2. The largest absolute Gasteiger partial charge is 0.383 e. The van der Waals surface area contributed by atoms with Crippen LogP contribution in [-0.2, 0) is 17.6 Å². The smallest absolute Gasteiger partial charge is 0.220 e. The molecule has 0 aliphatic rings. The summed E-state index contributed by atoms with van der Waals surface area (Å²) in [5.41, 5.74) is 5.27. The summed E-state index contributed by atoms with van der Waals surface area (Å²) in [5.74, 6) is 0.239. The first-order chi connectivity index (χ1) is 14.1. The summed E-state index contributed by atoms with van der Waals surface area (Å²) in [7, 11) is 0. The molecule has 0 atom stereocenters. The number of halogens is 1. The zero-order valence-electron chi connectivity index (χ0n) is 16.8. The second kappa shape index (κ2) is 9.87. The molecule has 1 aromatic heterocycles. The van der Waals surface area contributed by atoms with Crippen molar-refractivity contribution < 1.29 is 13.7 Å². The van der Waals surface area contributed by atoms with E-state index in [0.717, 1.165) is 23.2 Å². The lowest BCUT2D eigenvalue weighted by molar-refractivity contribution is -0.120. The van der Waals surface area contributed by atoms with Crippen molar-refractivity contribution in [3.63, 3.8) is 0 Å². The molecule has 0 saturated heterocycles. The molecule has 1 amide bonds. The molecule has 1 heterocycles. The van der Waals surface area contributed by atoms with Gasteiger partial charge in [-0.2, -0.15) is 0 Å². The van der Waals surface area contributed by atoms with Crippen LogP contribution < -0.4 is 10.6 Å². The summed E-state index contributed by atoms with van der Waals surface area (Å²) in [6.45, 7) is 5.46. The van der Waals surface area contributed by atoms with Gasteiger partial charge >= 0.3 is 0 Å². The molecule has 0 aliphatic carbocycles. The summed E-state index contributed by atoms with van der Waals surface area (Å²) in [4.78, 5) is 12.2. The maximum atomic E-state index is 13.1. The van der Waals surface area contributed by atoms with Gasteiger partial charge in [-0.25, -0.2) is 4.39 Å². The summed E-state index contributed by atoms with van der Waals surface area (Å²) in [6, 6.07) is 12.2. The molecule has 152 valence electrons. The zero-order valence-corrected chi connectivity index (χ0v) is 16.8. The lowest BCUT2D eigenvalue weighted by atomic mass is 10.0. The van der Waals surface area contributed by atoms with Crippen molar-refractivity contribution in [1.82, 2.24) is 10.5 Å². The minimum atomic E-state index is -0.306. The van der Waals surface area contributed by atoms with Gasteiger partial charge in [-0.3, -0.25) is 4.79 Å². The topological polar surface area (TPSA) is 67.2 Å². The maximum Gasteiger partial charge on any atom is 0.220 e. The second-order valence-electron chi connectivity index (χ2n) is 6.92. The van der Waals surface area contributed by atoms with E-state index in [1.54, 1.807) is 18.3 Å². The van der Waals surface area contributed by atoms with E-state index in [2.05, 4.69) is 41.8 Å². The molecule has 2 aromatic carbocycles. The van der Waals surface area contributed by atoms with Crippen molar-refractivity contribution in [2.75, 3.05) is 18.4 Å². The van der Waals surface area contributed by atoms with Gasteiger partial charge < -0.3 is 15.2 Å². The van der Waals surface area contributed by atoms with E-state index in [1.807, 2.05) is 6.07 Å². The minimum absolute atomic E-state index is 0.0296. The Morgan fingerprint density at radius 2 is 1.93 bits per heavy atom. The molecule has 0 radical (unpaired) electrons. The summed E-state index contributed by atoms with van der Waals surface area (Å²) >= 11 is 0. The van der Waals surface area contributed by atoms with Gasteiger partial charge in [0.1, 0.15) is 5.82 Å². The highest BCUT2D eigenvalue weighted by Crippen LogP contribution is 2.24. The SMILES string of the molecule is CCc1c(C)cccc1NCCNC(=O)CCc1cnoc1-c1ccc(F)cc1. The number of rotatable bonds is 9. The van der Waals surface area contributed by atoms with E-state index in [0.29, 0.717) is 31.7 Å². The van der Waals surface area contributed by atoms with E-state index in [9.17, 15) is 9.18 Å². The van der Waals surface area contributed by atoms with Crippen LogP contribution in [0.25, 0.3) is 11.3 Å². The summed E-state index contributed by atoms with van der Waals surface area (Å²) < 4.78 is 18.4. The number of aryl methyl sites for hydroxylation is 2. The van der Waals surface area contributed by atoms with Gasteiger partial charge in [-0.05, 0) is 61.2 Å². The summed E-state index contributed by atoms with van der Waals surface area (Å²) in [5, 5.41) is 10.1. The third-order valence-electron chi connectivity index (χ3n) is 4.90. The number of anilines is 1. The summed E-state index contributed by atoms with van der Waals surface area (Å²) in [6.07, 6.45) is 3.42. The van der Waals surface area contributed by atoms with Gasteiger partial charge in [0, 0.05) is 36.3 Å². The predicted octanol–water partition coefficient (Wildman–Crippen LogP) is 4.51. The van der Waals surface area contributed by atoms with Gasteiger partial charge in [0.05, 0.1) is 6.20 Å². The van der Waals surface area contributed by atoms with Crippen molar-refractivity contribution in [3.05, 3.63) is 71.2 Å². The van der Waals surface area contributed by atoms with Crippen molar-refractivity contribution in [3.8, 4) is 11.3 Å². The van der Waals surface area contributed by atoms with Gasteiger partial charge in [-0.15, -0.1) is 0 Å². The number of carbonyl (C=O) groups excluding carboxylic acids is 1. The fourth-order valence-electron chi connectivity index (χ4n) is 3.35. The Morgan fingerprint density at radius 1 is 1.14 bits per heavy atom. The number of nitrogens with one attached hydrogen (secondary N) is 2. The molecule has 5 nitrogen and oxygen atoms in total. The van der Waals surface area contributed by atoms with Crippen molar-refractivity contribution in [2.24, 2.45) is 0 Å². The Labute approximate surface area is 170 Å². The van der Waals surface area contributed by atoms with Crippen LogP contribution in [-0.4, -0.2) is 24.2 Å². The van der Waals surface area contributed by atoms with E-state index in [-0.39, 0.29) is 11.7 Å². The first-order valence-corrected chi connectivity index (χ1v) is 9.87. The van der Waals surface area contributed by atoms with Crippen molar-refractivity contribution in [1.29, 1.82) is 0 Å². The van der Waals surface area contributed by atoms with Crippen LogP contribution in [0.15, 0.2) is 53.2 Å². The quantitative estimate of drug-likeness (QED) is 0.523. The average molecular weight is 395 g/mol. The Morgan fingerprint density at radius 3 is 2.69 bits per heavy atom. The normalized spacial score (nSPS) is 10.7. The van der Waals surface area contributed by atoms with Crippen LogP contribution in [0.3, 0.4) is 0 Å². The van der Waals surface area contributed by atoms with Crippen LogP contribution in [0.4, 0.5) is 10.1 Å². The fraction of sp³-hybridized carbons (Fsp3) is 0.304. The number of aromatic nitrogens is 1. The standard InChI is InChI=1S/C23H26FN3O2/c1-3-20-16(2)5-4-6-21(20)25-13-14-26-22(28)12-9-18-15-27-29-23(18)17-7-10-19(24)11-8-17/h4-8,10-11,15,25H,3,9,12-14H2,1-2H3,(H,26,28). The molecule has 0 unspecified atom stereocenters. The highest BCUT2D eigenvalue weighted by Gasteiger charge is 2.12. The monoisotopic (exact) mass is 395 g/mol. The molecule has 3 aromatic rings. The molecule has 0 spiro atoms. The Hall–Kier alpha value is -3.15. The van der Waals surface area contributed by atoms with Crippen molar-refractivity contribution >= 4 is 11.6 Å². The number of hydrogen-bond acceptors (Lipinski definition) is 4. The Kier molecular flexibility index (Phi) is 7.00. The molecule has 0 fully saturated rings. The zero-order chi connectivity index (χ0) is 20.6. The van der Waals surface area contributed by atoms with Gasteiger partial charge in [0.15, 0.2) is 5.76 Å². The number of nitrogens with zero attached hydrogens (tertiary/aromatic N) is 1. The molecule has 29 heavy (non-hydrogen) atoms. The second-order valence-corrected chi connectivity index (χ2v) is 6.92. The lowest BCUT2D eigenvalue weighted by Gasteiger charge is -2.13. The van der Waals surface area contributed by atoms with Crippen molar-refractivity contribution in [2.45, 2.75) is 33.1 Å². The Balaban J connectivity index is 1.45. The van der Waals surface area contributed by atoms with Gasteiger partial charge in [0.2, 0.25) is 5.91 Å². The van der Waals surface area contributed by atoms with Crippen LogP contribution in [0.1, 0.15) is 30.0 Å². The number of carbonyl (C=O) groups is 1. The van der Waals surface area contributed by atoms with E-state index >= 15 is 0 Å². The lowest BCUT2D eigenvalue weighted by Crippen LogP contribution is -2.29. The van der Waals surface area contributed by atoms with Crippen LogP contribution in [0.2, 0.25) is 0 Å². The third kappa shape index (κ3) is 5.44. The molecule has 0 saturated carbocycles. The number of amides is 1. The van der Waals surface area contributed by atoms with Crippen LogP contribution in [0, 0.1) is 12.7 Å². The first kappa shape index (κ1) is 20.6. The van der Waals surface area contributed by atoms with Gasteiger partial charge in [0.25, 0.3) is 0 Å². The highest BCUT2D eigenvalue weighted by molar-refractivity contribution is 5.76. The molecule has 3 rings (SSSR count). The minimum Gasteiger partial charge on any atom is -0.383 e. The highest BCUT2D eigenvalue weighted by atomic mass is 19.1. The maximum absolute atomic E-state index is 13.1.